The van der Waals surface area contributed by atoms with Gasteiger partial charge in [-0.3, -0.25) is 9.48 Å². The van der Waals surface area contributed by atoms with Crippen molar-refractivity contribution in [2.24, 2.45) is 0 Å². The predicted molar refractivity (Wildman–Crippen MR) is 84.9 cm³/mol. The summed E-state index contributed by atoms with van der Waals surface area (Å²) in [6.45, 7) is 1.67. The lowest BCUT2D eigenvalue weighted by Crippen LogP contribution is -2.31. The Hall–Kier alpha value is -2.91. The third kappa shape index (κ3) is 5.05. The van der Waals surface area contributed by atoms with E-state index in [9.17, 15) is 32.3 Å². The monoisotopic (exact) mass is 386 g/mol. The van der Waals surface area contributed by atoms with Gasteiger partial charge in [0.1, 0.15) is 11.4 Å². The normalized spacial score (nSPS) is 11.4. The lowest BCUT2D eigenvalue weighted by Gasteiger charge is -2.13. The molecule has 0 saturated carbocycles. The second-order valence-corrected chi connectivity index (χ2v) is 5.73. The number of alkyl halides is 3. The molecule has 146 valence electrons. The van der Waals surface area contributed by atoms with E-state index in [1.54, 1.807) is 6.92 Å². The van der Waals surface area contributed by atoms with Crippen LogP contribution in [0.15, 0.2) is 24.4 Å². The molecule has 1 N–H and O–H groups in total. The molecule has 0 atom stereocenters. The van der Waals surface area contributed by atoms with E-state index in [1.807, 2.05) is 0 Å². The number of rotatable bonds is 7. The Morgan fingerprint density at radius 3 is 2.56 bits per heavy atom. The second kappa shape index (κ2) is 8.19. The van der Waals surface area contributed by atoms with Crippen LogP contribution in [0, 0.1) is 5.82 Å². The average molecular weight is 386 g/mol. The second-order valence-electron chi connectivity index (χ2n) is 5.73. The van der Waals surface area contributed by atoms with Gasteiger partial charge in [0.2, 0.25) is 0 Å². The molecule has 0 radical (unpaired) electrons. The van der Waals surface area contributed by atoms with Crippen molar-refractivity contribution in [2.75, 3.05) is 6.54 Å². The van der Waals surface area contributed by atoms with Gasteiger partial charge in [0.15, 0.2) is 0 Å². The van der Waals surface area contributed by atoms with Crippen molar-refractivity contribution in [3.63, 3.8) is 0 Å². The zero-order chi connectivity index (χ0) is 20.2. The van der Waals surface area contributed by atoms with E-state index >= 15 is 0 Å². The zero-order valence-electron chi connectivity index (χ0n) is 14.3. The number of nitrogens with one attached hydrogen (secondary N) is 1. The van der Waals surface area contributed by atoms with Crippen LogP contribution in [0.1, 0.15) is 35.7 Å². The number of amides is 1. The molecule has 0 saturated heterocycles. The number of halogens is 4. The van der Waals surface area contributed by atoms with E-state index < -0.39 is 35.9 Å². The van der Waals surface area contributed by atoms with Crippen molar-refractivity contribution in [1.82, 2.24) is 15.1 Å². The Kier molecular flexibility index (Phi) is 6.19. The number of hydrogen-bond donors (Lipinski definition) is 1. The van der Waals surface area contributed by atoms with E-state index in [4.69, 9.17) is 0 Å². The maximum Gasteiger partial charge on any atom is 0.420 e. The molecule has 1 heterocycles. The number of aromatic nitrogens is 2. The van der Waals surface area contributed by atoms with Gasteiger partial charge in [-0.15, -0.1) is 0 Å². The van der Waals surface area contributed by atoms with Gasteiger partial charge in [0.25, 0.3) is 5.91 Å². The van der Waals surface area contributed by atoms with Gasteiger partial charge in [-0.2, -0.15) is 18.3 Å². The largest absolute Gasteiger partial charge is 0.550 e. The lowest BCUT2D eigenvalue weighted by atomic mass is 10.0. The molecule has 0 aliphatic heterocycles. The van der Waals surface area contributed by atoms with Gasteiger partial charge in [0.05, 0.1) is 11.9 Å². The molecule has 1 amide bonds. The molecule has 0 aliphatic rings. The van der Waals surface area contributed by atoms with Crippen LogP contribution in [0.5, 0.6) is 0 Å². The number of aliphatic carboxylic acids is 1. The van der Waals surface area contributed by atoms with Gasteiger partial charge in [0, 0.05) is 36.6 Å². The van der Waals surface area contributed by atoms with Crippen LogP contribution in [0.25, 0.3) is 11.3 Å². The topological polar surface area (TPSA) is 87.0 Å². The zero-order valence-corrected chi connectivity index (χ0v) is 14.3. The minimum absolute atomic E-state index is 0.154. The van der Waals surface area contributed by atoms with Crippen LogP contribution in [0.3, 0.4) is 0 Å². The highest BCUT2D eigenvalue weighted by atomic mass is 19.4. The first-order valence-corrected chi connectivity index (χ1v) is 8.05. The standard InChI is InChI=1S/C17H17F4N3O3/c1-2-5-24-15(13(9-23-24)17(19,20)21)10-6-11(8-12(18)7-10)16(27)22-4-3-14(25)26/h6-9H,2-5H2,1H3,(H,22,27)(H,25,26)/p-1. The van der Waals surface area contributed by atoms with Gasteiger partial charge in [-0.1, -0.05) is 6.92 Å². The Bertz CT molecular complexity index is 846. The molecule has 0 fully saturated rings. The van der Waals surface area contributed by atoms with Crippen molar-refractivity contribution < 1.29 is 32.3 Å². The summed E-state index contributed by atoms with van der Waals surface area (Å²) in [7, 11) is 0. The number of aryl methyl sites for hydroxylation is 1. The van der Waals surface area contributed by atoms with Crippen LogP contribution < -0.4 is 10.4 Å². The lowest BCUT2D eigenvalue weighted by molar-refractivity contribution is -0.305. The van der Waals surface area contributed by atoms with Gasteiger partial charge < -0.3 is 15.2 Å². The Balaban J connectivity index is 2.45. The fourth-order valence-electron chi connectivity index (χ4n) is 2.52. The average Bonchev–Trinajstić information content (AvgIpc) is 2.98. The van der Waals surface area contributed by atoms with Crippen LogP contribution >= 0.6 is 0 Å². The fraction of sp³-hybridized carbons (Fsp3) is 0.353. The SMILES string of the molecule is CCCn1ncc(C(F)(F)F)c1-c1cc(F)cc(C(=O)NCCC(=O)[O-])c1. The molecule has 0 aliphatic carbocycles. The quantitative estimate of drug-likeness (QED) is 0.738. The van der Waals surface area contributed by atoms with E-state index in [-0.39, 0.29) is 29.9 Å². The number of nitrogens with zero attached hydrogens (tertiary/aromatic N) is 2. The molecule has 6 nitrogen and oxygen atoms in total. The third-order valence-corrected chi connectivity index (χ3v) is 3.63. The van der Waals surface area contributed by atoms with Crippen molar-refractivity contribution in [3.8, 4) is 11.3 Å². The molecule has 0 unspecified atom stereocenters. The summed E-state index contributed by atoms with van der Waals surface area (Å²) in [5.74, 6) is -3.10. The minimum Gasteiger partial charge on any atom is -0.550 e. The van der Waals surface area contributed by atoms with Crippen LogP contribution in [0.2, 0.25) is 0 Å². The Morgan fingerprint density at radius 2 is 1.96 bits per heavy atom. The molecule has 1 aromatic heterocycles. The smallest absolute Gasteiger partial charge is 0.420 e. The van der Waals surface area contributed by atoms with Crippen molar-refractivity contribution >= 4 is 11.9 Å². The van der Waals surface area contributed by atoms with Crippen LogP contribution in [-0.4, -0.2) is 28.2 Å². The molecule has 0 spiro atoms. The molecule has 2 aromatic rings. The van der Waals surface area contributed by atoms with Crippen LogP contribution in [0.4, 0.5) is 17.6 Å². The Labute approximate surface area is 151 Å². The molecule has 1 aromatic carbocycles. The summed E-state index contributed by atoms with van der Waals surface area (Å²) in [6.07, 6.45) is -3.99. The summed E-state index contributed by atoms with van der Waals surface area (Å²) in [5.41, 5.74) is -1.77. The van der Waals surface area contributed by atoms with Gasteiger partial charge >= 0.3 is 6.18 Å². The first kappa shape index (κ1) is 20.4. The number of carbonyl (C=O) groups excluding carboxylic acids is 2. The van der Waals surface area contributed by atoms with Crippen molar-refractivity contribution in [2.45, 2.75) is 32.5 Å². The number of carboxylic acids is 1. The molecular weight excluding hydrogens is 370 g/mol. The molecular formula is C17H16F4N3O3-. The minimum atomic E-state index is -4.70. The predicted octanol–water partition coefficient (Wildman–Crippen LogP) is 1.99. The molecule has 10 heteroatoms. The summed E-state index contributed by atoms with van der Waals surface area (Å²) in [6, 6.07) is 2.85. The molecule has 0 bridgehead atoms. The maximum absolute atomic E-state index is 14.0. The molecule has 27 heavy (non-hydrogen) atoms. The number of carbonyl (C=O) groups is 2. The van der Waals surface area contributed by atoms with E-state index in [0.717, 1.165) is 22.9 Å². The number of hydrogen-bond acceptors (Lipinski definition) is 4. The highest BCUT2D eigenvalue weighted by molar-refractivity contribution is 5.95. The van der Waals surface area contributed by atoms with Gasteiger partial charge in [-0.25, -0.2) is 4.39 Å². The highest BCUT2D eigenvalue weighted by Crippen LogP contribution is 2.37. The molecule has 2 rings (SSSR count). The Morgan fingerprint density at radius 1 is 1.26 bits per heavy atom. The first-order valence-electron chi connectivity index (χ1n) is 8.05. The van der Waals surface area contributed by atoms with Crippen molar-refractivity contribution in [3.05, 3.63) is 41.3 Å². The number of carboxylic acid groups (broad SMARTS) is 1. The highest BCUT2D eigenvalue weighted by Gasteiger charge is 2.37. The summed E-state index contributed by atoms with van der Waals surface area (Å²) in [5, 5.41) is 16.3. The summed E-state index contributed by atoms with van der Waals surface area (Å²) < 4.78 is 55.0. The fourth-order valence-corrected chi connectivity index (χ4v) is 2.52. The number of benzene rings is 1. The first-order chi connectivity index (χ1) is 12.6. The van der Waals surface area contributed by atoms with E-state index in [0.29, 0.717) is 12.6 Å². The summed E-state index contributed by atoms with van der Waals surface area (Å²) in [4.78, 5) is 22.4. The summed E-state index contributed by atoms with van der Waals surface area (Å²) >= 11 is 0. The maximum atomic E-state index is 14.0. The van der Waals surface area contributed by atoms with E-state index in [1.165, 1.54) is 0 Å². The third-order valence-electron chi connectivity index (χ3n) is 3.63. The van der Waals surface area contributed by atoms with E-state index in [2.05, 4.69) is 10.4 Å². The van der Waals surface area contributed by atoms with Crippen molar-refractivity contribution in [1.29, 1.82) is 0 Å². The van der Waals surface area contributed by atoms with Gasteiger partial charge in [-0.05, 0) is 24.6 Å². The van der Waals surface area contributed by atoms with Crippen LogP contribution in [-0.2, 0) is 17.5 Å².